The number of nitriles is 1. The van der Waals surface area contributed by atoms with Crippen molar-refractivity contribution in [1.82, 2.24) is 4.90 Å². The predicted octanol–water partition coefficient (Wildman–Crippen LogP) is 2.97. The number of anilines is 1. The molecule has 5 nitrogen and oxygen atoms in total. The quantitative estimate of drug-likeness (QED) is 0.615. The van der Waals surface area contributed by atoms with Crippen LogP contribution in [-0.2, 0) is 9.53 Å². The van der Waals surface area contributed by atoms with Crippen LogP contribution < -0.4 is 4.90 Å². The van der Waals surface area contributed by atoms with Crippen molar-refractivity contribution in [1.29, 1.82) is 5.26 Å². The fraction of sp³-hybridized carbons (Fsp3) is 0.524. The summed E-state index contributed by atoms with van der Waals surface area (Å²) in [6, 6.07) is 10.1. The molecule has 2 aliphatic rings. The molecule has 0 spiro atoms. The Bertz CT molecular complexity index is 672. The van der Waals surface area contributed by atoms with E-state index in [1.165, 1.54) is 31.2 Å². The van der Waals surface area contributed by atoms with Crippen molar-refractivity contribution in [2.45, 2.75) is 25.7 Å². The van der Waals surface area contributed by atoms with Crippen LogP contribution in [0.5, 0.6) is 0 Å². The molecule has 138 valence electrons. The number of piperidine rings is 2. The zero-order valence-corrected chi connectivity index (χ0v) is 15.5. The van der Waals surface area contributed by atoms with Gasteiger partial charge in [-0.1, -0.05) is 5.57 Å². The van der Waals surface area contributed by atoms with Crippen LogP contribution >= 0.6 is 0 Å². The van der Waals surface area contributed by atoms with Crippen molar-refractivity contribution < 1.29 is 9.53 Å². The van der Waals surface area contributed by atoms with E-state index in [0.717, 1.165) is 51.5 Å². The number of rotatable bonds is 4. The summed E-state index contributed by atoms with van der Waals surface area (Å²) in [4.78, 5) is 16.3. The second kappa shape index (κ2) is 8.86. The number of likely N-dealkylation sites (tertiary alicyclic amines) is 1. The highest BCUT2D eigenvalue weighted by Gasteiger charge is 2.23. The number of nitrogens with zero attached hydrogens (tertiary/aromatic N) is 3. The standard InChI is InChI=1S/C21H27N3O2/c1-26-21(25)14-17-6-10-23(11-7-17)16-19-8-12-24(13-9-19)20-4-2-18(15-22)3-5-20/h2-5,14,19H,6-13,16H2,1H3. The number of benzene rings is 1. The molecule has 0 N–H and O–H groups in total. The van der Waals surface area contributed by atoms with E-state index >= 15 is 0 Å². The molecular weight excluding hydrogens is 326 g/mol. The maximum absolute atomic E-state index is 11.3. The van der Waals surface area contributed by atoms with E-state index in [1.807, 2.05) is 12.1 Å². The van der Waals surface area contributed by atoms with Crippen LogP contribution in [0.4, 0.5) is 5.69 Å². The average Bonchev–Trinajstić information content (AvgIpc) is 2.70. The van der Waals surface area contributed by atoms with Crippen molar-refractivity contribution in [2.24, 2.45) is 5.92 Å². The zero-order chi connectivity index (χ0) is 18.4. The van der Waals surface area contributed by atoms with E-state index in [-0.39, 0.29) is 5.97 Å². The number of methoxy groups -OCH3 is 1. The lowest BCUT2D eigenvalue weighted by molar-refractivity contribution is -0.134. The first-order valence-corrected chi connectivity index (χ1v) is 9.43. The Labute approximate surface area is 155 Å². The molecule has 0 aromatic heterocycles. The smallest absolute Gasteiger partial charge is 0.330 e. The van der Waals surface area contributed by atoms with Crippen LogP contribution in [0.25, 0.3) is 0 Å². The number of ether oxygens (including phenoxy) is 1. The molecule has 2 aliphatic heterocycles. The topological polar surface area (TPSA) is 56.6 Å². The van der Waals surface area contributed by atoms with Gasteiger partial charge in [-0.3, -0.25) is 0 Å². The molecule has 2 heterocycles. The first-order valence-electron chi connectivity index (χ1n) is 9.43. The van der Waals surface area contributed by atoms with Crippen molar-refractivity contribution in [3.8, 4) is 6.07 Å². The van der Waals surface area contributed by atoms with Gasteiger partial charge >= 0.3 is 5.97 Å². The van der Waals surface area contributed by atoms with Crippen LogP contribution in [0.3, 0.4) is 0 Å². The van der Waals surface area contributed by atoms with Gasteiger partial charge in [-0.05, 0) is 55.9 Å². The van der Waals surface area contributed by atoms with Crippen LogP contribution in [0.15, 0.2) is 35.9 Å². The molecular formula is C21H27N3O2. The Kier molecular flexibility index (Phi) is 6.30. The number of carbonyl (C=O) groups excluding carboxylic acids is 1. The van der Waals surface area contributed by atoms with E-state index in [2.05, 4.69) is 28.0 Å². The molecule has 0 aliphatic carbocycles. The maximum Gasteiger partial charge on any atom is 0.330 e. The van der Waals surface area contributed by atoms with Gasteiger partial charge in [-0.25, -0.2) is 4.79 Å². The SMILES string of the molecule is COC(=O)C=C1CCN(CC2CCN(c3ccc(C#N)cc3)CC2)CC1. The van der Waals surface area contributed by atoms with Gasteiger partial charge in [0.1, 0.15) is 0 Å². The summed E-state index contributed by atoms with van der Waals surface area (Å²) in [6.45, 7) is 5.40. The first-order chi connectivity index (χ1) is 12.7. The third-order valence-corrected chi connectivity index (χ3v) is 5.51. The van der Waals surface area contributed by atoms with Crippen molar-refractivity contribution in [2.75, 3.05) is 44.7 Å². The summed E-state index contributed by atoms with van der Waals surface area (Å²) in [5.74, 6) is 0.513. The molecule has 2 fully saturated rings. The first kappa shape index (κ1) is 18.5. The minimum Gasteiger partial charge on any atom is -0.466 e. The molecule has 0 unspecified atom stereocenters. The van der Waals surface area contributed by atoms with Gasteiger partial charge < -0.3 is 14.5 Å². The van der Waals surface area contributed by atoms with Crippen LogP contribution in [0.1, 0.15) is 31.2 Å². The molecule has 0 radical (unpaired) electrons. The molecule has 0 amide bonds. The number of esters is 1. The van der Waals surface area contributed by atoms with E-state index < -0.39 is 0 Å². The fourth-order valence-electron chi connectivity index (χ4n) is 3.88. The van der Waals surface area contributed by atoms with Gasteiger partial charge in [0.2, 0.25) is 0 Å². The summed E-state index contributed by atoms with van der Waals surface area (Å²) in [5, 5.41) is 8.91. The molecule has 1 aromatic carbocycles. The third kappa shape index (κ3) is 4.86. The number of hydrogen-bond acceptors (Lipinski definition) is 5. The van der Waals surface area contributed by atoms with E-state index in [9.17, 15) is 4.79 Å². The van der Waals surface area contributed by atoms with Crippen molar-refractivity contribution in [3.05, 3.63) is 41.5 Å². The second-order valence-corrected chi connectivity index (χ2v) is 7.22. The molecule has 0 saturated carbocycles. The van der Waals surface area contributed by atoms with Gasteiger partial charge in [-0.2, -0.15) is 5.26 Å². The fourth-order valence-corrected chi connectivity index (χ4v) is 3.88. The Morgan fingerprint density at radius 2 is 1.85 bits per heavy atom. The van der Waals surface area contributed by atoms with Gasteiger partial charge in [0, 0.05) is 44.5 Å². The average molecular weight is 353 g/mol. The van der Waals surface area contributed by atoms with Crippen LogP contribution in [-0.4, -0.2) is 50.7 Å². The lowest BCUT2D eigenvalue weighted by atomic mass is 9.94. The minimum atomic E-state index is -0.233. The summed E-state index contributed by atoms with van der Waals surface area (Å²) < 4.78 is 4.71. The number of carbonyl (C=O) groups is 1. The van der Waals surface area contributed by atoms with Crippen LogP contribution in [0, 0.1) is 17.2 Å². The van der Waals surface area contributed by atoms with Gasteiger partial charge in [0.25, 0.3) is 0 Å². The highest BCUT2D eigenvalue weighted by molar-refractivity contribution is 5.82. The van der Waals surface area contributed by atoms with E-state index in [4.69, 9.17) is 10.00 Å². The molecule has 1 aromatic rings. The monoisotopic (exact) mass is 353 g/mol. The molecule has 5 heteroatoms. The van der Waals surface area contributed by atoms with E-state index in [0.29, 0.717) is 5.56 Å². The Hall–Kier alpha value is -2.32. The normalized spacial score (nSPS) is 19.1. The largest absolute Gasteiger partial charge is 0.466 e. The van der Waals surface area contributed by atoms with Gasteiger partial charge in [-0.15, -0.1) is 0 Å². The highest BCUT2D eigenvalue weighted by atomic mass is 16.5. The number of hydrogen-bond donors (Lipinski definition) is 0. The summed E-state index contributed by atoms with van der Waals surface area (Å²) >= 11 is 0. The molecule has 26 heavy (non-hydrogen) atoms. The summed E-state index contributed by atoms with van der Waals surface area (Å²) in [6.07, 6.45) is 6.02. The molecule has 0 bridgehead atoms. The van der Waals surface area contributed by atoms with Crippen molar-refractivity contribution in [3.63, 3.8) is 0 Å². The molecule has 2 saturated heterocycles. The van der Waals surface area contributed by atoms with Crippen molar-refractivity contribution >= 4 is 11.7 Å². The lowest BCUT2D eigenvalue weighted by Crippen LogP contribution is -2.40. The second-order valence-electron chi connectivity index (χ2n) is 7.22. The van der Waals surface area contributed by atoms with Gasteiger partial charge in [0.15, 0.2) is 0 Å². The minimum absolute atomic E-state index is 0.233. The highest BCUT2D eigenvalue weighted by Crippen LogP contribution is 2.25. The zero-order valence-electron chi connectivity index (χ0n) is 15.5. The third-order valence-electron chi connectivity index (χ3n) is 5.51. The Balaban J connectivity index is 1.42. The van der Waals surface area contributed by atoms with E-state index in [1.54, 1.807) is 6.08 Å². The maximum atomic E-state index is 11.3. The van der Waals surface area contributed by atoms with Gasteiger partial charge in [0.05, 0.1) is 18.7 Å². The Morgan fingerprint density at radius 3 is 2.42 bits per heavy atom. The molecule has 0 atom stereocenters. The predicted molar refractivity (Wildman–Crippen MR) is 102 cm³/mol. The Morgan fingerprint density at radius 1 is 1.19 bits per heavy atom. The lowest BCUT2D eigenvalue weighted by Gasteiger charge is -2.37. The summed E-state index contributed by atoms with van der Waals surface area (Å²) in [7, 11) is 1.43. The van der Waals surface area contributed by atoms with Crippen LogP contribution in [0.2, 0.25) is 0 Å². The summed E-state index contributed by atoms with van der Waals surface area (Å²) in [5.41, 5.74) is 3.15. The molecule has 3 rings (SSSR count).